The quantitative estimate of drug-likeness (QED) is 0.774. The van der Waals surface area contributed by atoms with Crippen molar-refractivity contribution >= 4 is 5.97 Å². The zero-order valence-corrected chi connectivity index (χ0v) is 11.0. The van der Waals surface area contributed by atoms with Gasteiger partial charge in [0.1, 0.15) is 5.54 Å². The van der Waals surface area contributed by atoms with Gasteiger partial charge in [-0.15, -0.1) is 0 Å². The van der Waals surface area contributed by atoms with E-state index in [0.717, 1.165) is 25.9 Å². The van der Waals surface area contributed by atoms with Crippen LogP contribution in [0.1, 0.15) is 38.5 Å². The summed E-state index contributed by atoms with van der Waals surface area (Å²) < 4.78 is 11.4. The Morgan fingerprint density at radius 2 is 2.33 bits per heavy atom. The molecule has 18 heavy (non-hydrogen) atoms. The number of ether oxygens (including phenoxy) is 2. The lowest BCUT2D eigenvalue weighted by atomic mass is 9.98. The first kappa shape index (κ1) is 13.8. The molecule has 2 rings (SSSR count). The highest BCUT2D eigenvalue weighted by molar-refractivity contribution is 5.79. The molecule has 0 aromatic rings. The van der Waals surface area contributed by atoms with Crippen LogP contribution in [0.5, 0.6) is 0 Å². The van der Waals surface area contributed by atoms with E-state index < -0.39 is 11.5 Å². The molecule has 1 heterocycles. The number of hydrogen-bond donors (Lipinski definition) is 2. The van der Waals surface area contributed by atoms with Crippen LogP contribution in [0.25, 0.3) is 0 Å². The lowest BCUT2D eigenvalue weighted by Gasteiger charge is -2.25. The molecule has 1 aliphatic carbocycles. The Hall–Kier alpha value is -0.650. The summed E-state index contributed by atoms with van der Waals surface area (Å²) in [4.78, 5) is 11.3. The largest absolute Gasteiger partial charge is 0.480 e. The van der Waals surface area contributed by atoms with Crippen LogP contribution in [0.15, 0.2) is 0 Å². The number of aliphatic carboxylic acids is 1. The van der Waals surface area contributed by atoms with E-state index in [9.17, 15) is 9.90 Å². The van der Waals surface area contributed by atoms with Crippen LogP contribution in [0, 0.1) is 0 Å². The van der Waals surface area contributed by atoms with E-state index >= 15 is 0 Å². The van der Waals surface area contributed by atoms with Gasteiger partial charge in [0.25, 0.3) is 0 Å². The summed E-state index contributed by atoms with van der Waals surface area (Å²) in [6.45, 7) is 1.43. The molecule has 0 aromatic carbocycles. The molecule has 2 fully saturated rings. The van der Waals surface area contributed by atoms with Gasteiger partial charge in [-0.3, -0.25) is 4.79 Å². The lowest BCUT2D eigenvalue weighted by molar-refractivity contribution is -0.145. The van der Waals surface area contributed by atoms with E-state index in [4.69, 9.17) is 9.47 Å². The first-order chi connectivity index (χ1) is 8.66. The molecule has 0 bridgehead atoms. The average Bonchev–Trinajstić information content (AvgIpc) is 2.83. The van der Waals surface area contributed by atoms with Gasteiger partial charge >= 0.3 is 5.97 Å². The zero-order valence-electron chi connectivity index (χ0n) is 11.0. The first-order valence-corrected chi connectivity index (χ1v) is 6.82. The normalized spacial score (nSPS) is 36.7. The van der Waals surface area contributed by atoms with Crippen LogP contribution in [-0.2, 0) is 14.3 Å². The molecular formula is C13H23NO4. The highest BCUT2D eigenvalue weighted by Crippen LogP contribution is 2.32. The summed E-state index contributed by atoms with van der Waals surface area (Å²) in [6, 6.07) is 0. The molecule has 3 unspecified atom stereocenters. The van der Waals surface area contributed by atoms with Gasteiger partial charge in [-0.2, -0.15) is 0 Å². The summed E-state index contributed by atoms with van der Waals surface area (Å²) in [7, 11) is 1.71. The topological polar surface area (TPSA) is 67.8 Å². The Labute approximate surface area is 108 Å². The fourth-order valence-electron chi connectivity index (χ4n) is 2.85. The second kappa shape index (κ2) is 5.99. The van der Waals surface area contributed by atoms with Crippen molar-refractivity contribution in [3.05, 3.63) is 0 Å². The predicted molar refractivity (Wildman–Crippen MR) is 66.6 cm³/mol. The van der Waals surface area contributed by atoms with Crippen molar-refractivity contribution < 1.29 is 19.4 Å². The summed E-state index contributed by atoms with van der Waals surface area (Å²) >= 11 is 0. The summed E-state index contributed by atoms with van der Waals surface area (Å²) in [5.74, 6) is -0.773. The molecule has 3 atom stereocenters. The summed E-state index contributed by atoms with van der Waals surface area (Å²) in [6.07, 6.45) is 5.63. The highest BCUT2D eigenvalue weighted by atomic mass is 16.5. The monoisotopic (exact) mass is 257 g/mol. The number of carboxylic acid groups (broad SMARTS) is 1. The van der Waals surface area contributed by atoms with Crippen LogP contribution >= 0.6 is 0 Å². The van der Waals surface area contributed by atoms with Gasteiger partial charge in [0, 0.05) is 13.0 Å². The Balaban J connectivity index is 1.76. The van der Waals surface area contributed by atoms with E-state index in [2.05, 4.69) is 5.32 Å². The van der Waals surface area contributed by atoms with Crippen molar-refractivity contribution in [1.82, 2.24) is 5.32 Å². The van der Waals surface area contributed by atoms with Crippen molar-refractivity contribution in [3.63, 3.8) is 0 Å². The third kappa shape index (κ3) is 3.02. The molecule has 0 radical (unpaired) electrons. The van der Waals surface area contributed by atoms with Crippen molar-refractivity contribution in [2.45, 2.75) is 56.3 Å². The Morgan fingerprint density at radius 3 is 2.89 bits per heavy atom. The first-order valence-electron chi connectivity index (χ1n) is 6.82. The Morgan fingerprint density at radius 1 is 1.50 bits per heavy atom. The third-order valence-electron chi connectivity index (χ3n) is 4.15. The van der Waals surface area contributed by atoms with Crippen LogP contribution in [0.4, 0.5) is 0 Å². The van der Waals surface area contributed by atoms with E-state index in [1.807, 2.05) is 0 Å². The smallest absolute Gasteiger partial charge is 0.323 e. The molecule has 1 saturated carbocycles. The van der Waals surface area contributed by atoms with E-state index in [-0.39, 0.29) is 12.2 Å². The second-order valence-corrected chi connectivity index (χ2v) is 5.32. The van der Waals surface area contributed by atoms with Crippen molar-refractivity contribution in [3.8, 4) is 0 Å². The van der Waals surface area contributed by atoms with Crippen molar-refractivity contribution in [2.75, 3.05) is 20.3 Å². The van der Waals surface area contributed by atoms with Gasteiger partial charge in [0.2, 0.25) is 0 Å². The van der Waals surface area contributed by atoms with Crippen LogP contribution in [-0.4, -0.2) is 49.1 Å². The summed E-state index contributed by atoms with van der Waals surface area (Å²) in [5.41, 5.74) is -0.794. The Kier molecular flexibility index (Phi) is 4.59. The predicted octanol–water partition coefficient (Wildman–Crippen LogP) is 1.17. The molecule has 0 spiro atoms. The van der Waals surface area contributed by atoms with Gasteiger partial charge in [0.15, 0.2) is 0 Å². The van der Waals surface area contributed by atoms with Crippen molar-refractivity contribution in [1.29, 1.82) is 0 Å². The highest BCUT2D eigenvalue weighted by Gasteiger charge is 2.44. The standard InChI is InChI=1S/C13H23NO4/c1-14-13(12(15)16)6-5-10(8-13)18-9-11-4-2-3-7-17-11/h10-11,14H,2-9H2,1H3,(H,15,16). The van der Waals surface area contributed by atoms with E-state index in [0.29, 0.717) is 19.4 Å². The van der Waals surface area contributed by atoms with Crippen LogP contribution in [0.2, 0.25) is 0 Å². The van der Waals surface area contributed by atoms with Gasteiger partial charge in [-0.1, -0.05) is 0 Å². The maximum Gasteiger partial charge on any atom is 0.323 e. The minimum Gasteiger partial charge on any atom is -0.480 e. The number of rotatable bonds is 5. The number of likely N-dealkylation sites (N-methyl/N-ethyl adjacent to an activating group) is 1. The van der Waals surface area contributed by atoms with Crippen LogP contribution in [0.3, 0.4) is 0 Å². The van der Waals surface area contributed by atoms with Gasteiger partial charge in [0.05, 0.1) is 18.8 Å². The number of nitrogens with one attached hydrogen (secondary N) is 1. The SMILES string of the molecule is CNC1(C(=O)O)CCC(OCC2CCCCO2)C1. The number of carboxylic acids is 1. The fraction of sp³-hybridized carbons (Fsp3) is 0.923. The lowest BCUT2D eigenvalue weighted by Crippen LogP contribution is -2.48. The van der Waals surface area contributed by atoms with Gasteiger partial charge in [-0.05, 0) is 39.2 Å². The maximum absolute atomic E-state index is 11.3. The van der Waals surface area contributed by atoms with Gasteiger partial charge in [-0.25, -0.2) is 0 Å². The minimum atomic E-state index is -0.794. The van der Waals surface area contributed by atoms with Gasteiger partial charge < -0.3 is 19.9 Å². The second-order valence-electron chi connectivity index (χ2n) is 5.32. The fourth-order valence-corrected chi connectivity index (χ4v) is 2.85. The molecule has 5 nitrogen and oxygen atoms in total. The summed E-state index contributed by atoms with van der Waals surface area (Å²) in [5, 5.41) is 12.2. The Bertz CT molecular complexity index is 291. The van der Waals surface area contributed by atoms with Crippen LogP contribution < -0.4 is 5.32 Å². The molecule has 2 N–H and O–H groups in total. The molecular weight excluding hydrogens is 234 g/mol. The molecule has 5 heteroatoms. The number of hydrogen-bond acceptors (Lipinski definition) is 4. The van der Waals surface area contributed by atoms with E-state index in [1.165, 1.54) is 6.42 Å². The number of carbonyl (C=O) groups is 1. The van der Waals surface area contributed by atoms with E-state index in [1.54, 1.807) is 7.05 Å². The zero-order chi connectivity index (χ0) is 13.0. The minimum absolute atomic E-state index is 0.0408. The molecule has 0 amide bonds. The molecule has 1 saturated heterocycles. The molecule has 1 aliphatic heterocycles. The molecule has 0 aromatic heterocycles. The maximum atomic E-state index is 11.3. The third-order valence-corrected chi connectivity index (χ3v) is 4.15. The van der Waals surface area contributed by atoms with Crippen molar-refractivity contribution in [2.24, 2.45) is 0 Å². The molecule has 2 aliphatic rings. The molecule has 104 valence electrons. The average molecular weight is 257 g/mol.